The third-order valence-corrected chi connectivity index (χ3v) is 6.17. The second-order valence-corrected chi connectivity index (χ2v) is 9.44. The number of rotatable bonds is 6. The number of amides is 1. The van der Waals surface area contributed by atoms with Gasteiger partial charge in [0.15, 0.2) is 5.82 Å². The van der Waals surface area contributed by atoms with Crippen molar-refractivity contribution in [1.82, 2.24) is 24.5 Å². The first-order chi connectivity index (χ1) is 19.9. The Morgan fingerprint density at radius 2 is 1.86 bits per heavy atom. The van der Waals surface area contributed by atoms with Gasteiger partial charge in [0, 0.05) is 37.5 Å². The van der Waals surface area contributed by atoms with E-state index in [1.807, 2.05) is 59.0 Å². The Labute approximate surface area is 243 Å². The number of nitrogens with zero attached hydrogens (tertiary/aromatic N) is 6. The third kappa shape index (κ3) is 9.10. The van der Waals surface area contributed by atoms with E-state index in [4.69, 9.17) is 10.1 Å². The number of nitrogens with one attached hydrogen (secondary N) is 2. The first kappa shape index (κ1) is 34.4. The van der Waals surface area contributed by atoms with Crippen LogP contribution in [-0.4, -0.2) is 86.3 Å². The number of pyridine rings is 1. The lowest BCUT2D eigenvalue weighted by atomic mass is 10.0. The number of alkyl halides is 4. The molecular weight excluding hydrogens is 556 g/mol. The van der Waals surface area contributed by atoms with Crippen LogP contribution in [0.4, 0.5) is 35.0 Å². The number of aromatic nitrogens is 4. The summed E-state index contributed by atoms with van der Waals surface area (Å²) < 4.78 is 48.8. The Morgan fingerprint density at radius 3 is 2.38 bits per heavy atom. The summed E-state index contributed by atoms with van der Waals surface area (Å²) in [7, 11) is 1.76. The predicted octanol–water partition coefficient (Wildman–Crippen LogP) is 5.58. The van der Waals surface area contributed by atoms with E-state index in [0.29, 0.717) is 18.8 Å². The second kappa shape index (κ2) is 15.4. The minimum absolute atomic E-state index is 0.0749. The van der Waals surface area contributed by atoms with Gasteiger partial charge in [0.2, 0.25) is 11.9 Å². The average molecular weight is 597 g/mol. The van der Waals surface area contributed by atoms with Gasteiger partial charge in [0.1, 0.15) is 18.3 Å². The molecule has 1 aliphatic rings. The highest BCUT2D eigenvalue weighted by atomic mass is 19.4. The van der Waals surface area contributed by atoms with Crippen LogP contribution in [0.1, 0.15) is 53.2 Å². The Bertz CT molecular complexity index is 1360. The Balaban J connectivity index is 0.000000686. The van der Waals surface area contributed by atoms with E-state index in [2.05, 4.69) is 25.7 Å². The topological polar surface area (TPSA) is 120 Å². The van der Waals surface area contributed by atoms with Crippen LogP contribution in [0.5, 0.6) is 0 Å². The molecule has 42 heavy (non-hydrogen) atoms. The number of aliphatic hydroxyl groups excluding tert-OH is 1. The highest BCUT2D eigenvalue weighted by molar-refractivity contribution is 5.88. The number of hydrogen-bond donors (Lipinski definition) is 3. The van der Waals surface area contributed by atoms with Gasteiger partial charge in [-0.2, -0.15) is 18.2 Å². The van der Waals surface area contributed by atoms with Crippen molar-refractivity contribution in [3.05, 3.63) is 30.1 Å². The van der Waals surface area contributed by atoms with Crippen molar-refractivity contribution in [2.75, 3.05) is 37.4 Å². The number of hydrogen-bond acceptors (Lipinski definition) is 8. The first-order valence-electron chi connectivity index (χ1n) is 13.8. The van der Waals surface area contributed by atoms with Gasteiger partial charge in [-0.05, 0) is 45.4 Å². The minimum Gasteiger partial charge on any atom is -0.387 e. The molecule has 0 aromatic carbocycles. The molecule has 10 nitrogen and oxygen atoms in total. The molecule has 0 saturated carbocycles. The molecule has 1 amide bonds. The van der Waals surface area contributed by atoms with Crippen molar-refractivity contribution in [3.63, 3.8) is 0 Å². The molecule has 0 bridgehead atoms. The summed E-state index contributed by atoms with van der Waals surface area (Å²) in [6.07, 6.45) is -3.79. The molecule has 0 aliphatic carbocycles. The molecule has 3 aromatic heterocycles. The molecule has 2 unspecified atom stereocenters. The van der Waals surface area contributed by atoms with Crippen LogP contribution in [0, 0.1) is 6.92 Å². The molecular formula is C28H40F4N8O2. The van der Waals surface area contributed by atoms with Crippen LogP contribution < -0.4 is 10.6 Å². The van der Waals surface area contributed by atoms with Crippen molar-refractivity contribution < 1.29 is 27.5 Å². The highest BCUT2D eigenvalue weighted by Gasteiger charge is 2.32. The molecule has 3 aromatic rings. The third-order valence-electron chi connectivity index (χ3n) is 6.17. The van der Waals surface area contributed by atoms with E-state index in [-0.39, 0.29) is 12.5 Å². The number of likely N-dealkylation sites (tertiary alicyclic amines) is 1. The molecule has 2 atom stereocenters. The molecule has 0 spiro atoms. The molecule has 232 valence electrons. The van der Waals surface area contributed by atoms with Gasteiger partial charge in [0.05, 0.1) is 29.7 Å². The van der Waals surface area contributed by atoms with E-state index in [1.54, 1.807) is 11.6 Å². The number of aliphatic imine (C=N–C) groups is 1. The highest BCUT2D eigenvalue weighted by Crippen LogP contribution is 2.31. The Hall–Kier alpha value is -3.81. The lowest BCUT2D eigenvalue weighted by molar-refractivity contribution is -0.136. The van der Waals surface area contributed by atoms with Crippen LogP contribution in [-0.2, 0) is 4.79 Å². The quantitative estimate of drug-likeness (QED) is 0.251. The zero-order valence-electron chi connectivity index (χ0n) is 25.1. The van der Waals surface area contributed by atoms with Crippen molar-refractivity contribution in [2.45, 2.75) is 72.8 Å². The zero-order chi connectivity index (χ0) is 31.6. The molecule has 1 aliphatic heterocycles. The Kier molecular flexibility index (Phi) is 12.6. The maximum absolute atomic E-state index is 14.7. The van der Waals surface area contributed by atoms with Crippen molar-refractivity contribution >= 4 is 34.6 Å². The standard InChI is InChI=1S/C23H29FN8O2.C3H5F3.C2H6/c1-13(2)26-17-5-6-18(27-14(17)3)15-7-10-32-21(15)22(25-4)29-23(30-32)28-19-8-9-31(11-16(19)24)20(34)12-33;1-2-3(4,5)6;1-2/h5-7,10,16,19,33H,8-9,11-12H2,1-4H3,(H2,25,28,29,30);2H2,1H3;1-2H3. The number of carbonyl (C=O) groups excluding carboxylic acids is 1. The van der Waals surface area contributed by atoms with Crippen molar-refractivity contribution in [2.24, 2.45) is 4.99 Å². The number of aliphatic hydroxyl groups is 1. The summed E-state index contributed by atoms with van der Waals surface area (Å²) in [6, 6.07) is 5.24. The van der Waals surface area contributed by atoms with Gasteiger partial charge in [-0.1, -0.05) is 20.8 Å². The molecule has 3 N–H and O–H groups in total. The maximum Gasteiger partial charge on any atom is 0.388 e. The summed E-state index contributed by atoms with van der Waals surface area (Å²) in [5.41, 5.74) is 5.00. The average Bonchev–Trinajstić information content (AvgIpc) is 3.39. The van der Waals surface area contributed by atoms with E-state index in [1.165, 1.54) is 4.90 Å². The number of carbonyl (C=O) groups is 1. The molecule has 4 heterocycles. The number of halogens is 4. The molecule has 1 saturated heterocycles. The summed E-state index contributed by atoms with van der Waals surface area (Å²) >= 11 is 0. The van der Waals surface area contributed by atoms with Crippen LogP contribution in [0.25, 0.3) is 16.8 Å². The summed E-state index contributed by atoms with van der Waals surface area (Å²) in [5.74, 6) is 0.386. The second-order valence-electron chi connectivity index (χ2n) is 9.44. The van der Waals surface area contributed by atoms with Gasteiger partial charge in [-0.3, -0.25) is 14.8 Å². The predicted molar refractivity (Wildman–Crippen MR) is 157 cm³/mol. The normalized spacial score (nSPS) is 16.5. The zero-order valence-corrected chi connectivity index (χ0v) is 25.1. The first-order valence-corrected chi connectivity index (χ1v) is 13.8. The summed E-state index contributed by atoms with van der Waals surface area (Å²) in [4.78, 5) is 26.8. The van der Waals surface area contributed by atoms with Crippen LogP contribution in [0.2, 0.25) is 0 Å². The fraction of sp³-hybridized carbons (Fsp3) is 0.536. The molecule has 4 rings (SSSR count). The fourth-order valence-corrected chi connectivity index (χ4v) is 4.09. The van der Waals surface area contributed by atoms with E-state index < -0.39 is 37.3 Å². The van der Waals surface area contributed by atoms with E-state index in [0.717, 1.165) is 40.8 Å². The smallest absolute Gasteiger partial charge is 0.387 e. The van der Waals surface area contributed by atoms with Gasteiger partial charge in [0.25, 0.3) is 0 Å². The molecule has 0 radical (unpaired) electrons. The summed E-state index contributed by atoms with van der Waals surface area (Å²) in [5, 5.41) is 19.7. The van der Waals surface area contributed by atoms with Crippen molar-refractivity contribution in [1.29, 1.82) is 0 Å². The molecule has 14 heteroatoms. The molecule has 1 fully saturated rings. The minimum atomic E-state index is -3.96. The largest absolute Gasteiger partial charge is 0.388 e. The lowest BCUT2D eigenvalue weighted by Crippen LogP contribution is -2.50. The SMILES string of the molecule is CC.CCC(F)(F)F.CNc1nc(NC2CCN(C(=O)CO)CC2F)nn2ccc(-c3ccc(N=C(C)C)c(C)n3)c12. The number of piperidine rings is 1. The van der Waals surface area contributed by atoms with E-state index >= 15 is 0 Å². The Morgan fingerprint density at radius 1 is 1.19 bits per heavy atom. The van der Waals surface area contributed by atoms with Gasteiger partial charge >= 0.3 is 6.18 Å². The van der Waals surface area contributed by atoms with Crippen LogP contribution in [0.15, 0.2) is 29.4 Å². The van der Waals surface area contributed by atoms with Gasteiger partial charge in [-0.25, -0.2) is 8.91 Å². The number of anilines is 2. The number of aryl methyl sites for hydroxylation is 1. The lowest BCUT2D eigenvalue weighted by Gasteiger charge is -2.34. The van der Waals surface area contributed by atoms with E-state index in [9.17, 15) is 22.4 Å². The maximum atomic E-state index is 14.7. The number of fused-ring (bicyclic) bond motifs is 1. The monoisotopic (exact) mass is 596 g/mol. The fourth-order valence-electron chi connectivity index (χ4n) is 4.09. The van der Waals surface area contributed by atoms with Gasteiger partial charge < -0.3 is 20.6 Å². The van der Waals surface area contributed by atoms with Crippen LogP contribution >= 0.6 is 0 Å². The van der Waals surface area contributed by atoms with Crippen LogP contribution in [0.3, 0.4) is 0 Å². The summed E-state index contributed by atoms with van der Waals surface area (Å²) in [6.45, 7) is 10.6. The van der Waals surface area contributed by atoms with Crippen molar-refractivity contribution in [3.8, 4) is 11.3 Å². The van der Waals surface area contributed by atoms with Gasteiger partial charge in [-0.15, -0.1) is 5.10 Å².